The lowest BCUT2D eigenvalue weighted by molar-refractivity contribution is 1.00. The van der Waals surface area contributed by atoms with E-state index in [1.807, 2.05) is 42.5 Å². The number of H-pyrrole nitrogens is 1. The summed E-state index contributed by atoms with van der Waals surface area (Å²) in [6, 6.07) is 13.3. The quantitative estimate of drug-likeness (QED) is 0.191. The first-order chi connectivity index (χ1) is 14.3. The molecule has 1 aromatic heterocycles. The minimum absolute atomic E-state index is 0.138. The molecule has 0 aliphatic carbocycles. The Labute approximate surface area is 191 Å². The molecule has 0 fully saturated rings. The molecule has 1 aliphatic rings. The number of anilines is 3. The maximum atomic E-state index is 11.4. The molecule has 152 valence electrons. The van der Waals surface area contributed by atoms with Crippen molar-refractivity contribution in [3.05, 3.63) is 70.2 Å². The SMILES string of the molecule is CC(=N)N1C(=N)[C@H](I)CN(c2ccc(Cl)cc2)c2cc(-c3c[nH]c(=O)cn3)ccc21. The van der Waals surface area contributed by atoms with E-state index in [2.05, 4.69) is 37.5 Å². The van der Waals surface area contributed by atoms with Gasteiger partial charge in [0.2, 0.25) is 0 Å². The molecule has 0 bridgehead atoms. The summed E-state index contributed by atoms with van der Waals surface area (Å²) in [7, 11) is 0. The zero-order chi connectivity index (χ0) is 21.4. The number of nitrogens with zero attached hydrogens (tertiary/aromatic N) is 3. The third-order valence-corrected chi connectivity index (χ3v) is 6.06. The summed E-state index contributed by atoms with van der Waals surface area (Å²) in [4.78, 5) is 22.1. The van der Waals surface area contributed by atoms with Crippen molar-refractivity contribution in [1.29, 1.82) is 10.8 Å². The predicted octanol–water partition coefficient (Wildman–Crippen LogP) is 4.83. The van der Waals surface area contributed by atoms with Gasteiger partial charge in [-0.1, -0.05) is 40.3 Å². The second-order valence-electron chi connectivity index (χ2n) is 6.86. The van der Waals surface area contributed by atoms with Crippen molar-refractivity contribution in [3.8, 4) is 11.3 Å². The Bertz CT molecular complexity index is 1170. The van der Waals surface area contributed by atoms with Crippen molar-refractivity contribution in [2.45, 2.75) is 10.8 Å². The van der Waals surface area contributed by atoms with Gasteiger partial charge in [-0.3, -0.25) is 20.5 Å². The first kappa shape index (κ1) is 20.5. The zero-order valence-corrected chi connectivity index (χ0v) is 18.9. The van der Waals surface area contributed by atoms with E-state index < -0.39 is 0 Å². The molecule has 7 nitrogen and oxygen atoms in total. The van der Waals surface area contributed by atoms with Crippen LogP contribution in [0, 0.1) is 10.8 Å². The van der Waals surface area contributed by atoms with E-state index in [9.17, 15) is 4.79 Å². The Morgan fingerprint density at radius 1 is 1.23 bits per heavy atom. The van der Waals surface area contributed by atoms with Crippen LogP contribution in [0.1, 0.15) is 6.92 Å². The van der Waals surface area contributed by atoms with E-state index in [0.717, 1.165) is 22.6 Å². The molecule has 2 aromatic carbocycles. The Kier molecular flexibility index (Phi) is 5.61. The number of aromatic amines is 1. The lowest BCUT2D eigenvalue weighted by atomic mass is 10.1. The van der Waals surface area contributed by atoms with Crippen LogP contribution >= 0.6 is 34.2 Å². The Hall–Kier alpha value is -2.72. The third kappa shape index (κ3) is 3.84. The van der Waals surface area contributed by atoms with Gasteiger partial charge in [-0.25, -0.2) is 4.98 Å². The number of amidine groups is 2. The van der Waals surface area contributed by atoms with Gasteiger partial charge in [0, 0.05) is 29.0 Å². The number of fused-ring (bicyclic) bond motifs is 1. The number of aromatic nitrogens is 2. The van der Waals surface area contributed by atoms with Gasteiger partial charge in [0.25, 0.3) is 5.56 Å². The Morgan fingerprint density at radius 2 is 1.97 bits per heavy atom. The average molecular weight is 533 g/mol. The standard InChI is InChI=1S/C21H18ClIN6O/c1-12(24)29-18-7-2-13(17-9-27-20(30)10-26-17)8-19(18)28(11-16(23)21(29)25)15-5-3-14(22)4-6-15/h2-10,16,24-25H,11H2,1H3,(H,27,30)/t16-/m1/s1. The Morgan fingerprint density at radius 3 is 2.60 bits per heavy atom. The summed E-state index contributed by atoms with van der Waals surface area (Å²) in [5.74, 6) is 0.631. The smallest absolute Gasteiger partial charge is 0.266 e. The molecule has 0 amide bonds. The summed E-state index contributed by atoms with van der Waals surface area (Å²) in [5.41, 5.74) is 3.73. The molecule has 0 spiro atoms. The van der Waals surface area contributed by atoms with E-state index >= 15 is 0 Å². The molecule has 2 heterocycles. The summed E-state index contributed by atoms with van der Waals surface area (Å²) in [6.45, 7) is 2.23. The number of hydrogen-bond donors (Lipinski definition) is 3. The number of nitrogens with one attached hydrogen (secondary N) is 3. The number of hydrogen-bond acceptors (Lipinski definition) is 5. The van der Waals surface area contributed by atoms with Crippen LogP contribution in [-0.4, -0.2) is 32.1 Å². The average Bonchev–Trinajstić information content (AvgIpc) is 2.83. The van der Waals surface area contributed by atoms with E-state index in [0.29, 0.717) is 23.1 Å². The van der Waals surface area contributed by atoms with Crippen molar-refractivity contribution < 1.29 is 0 Å². The number of halogens is 2. The minimum atomic E-state index is -0.261. The van der Waals surface area contributed by atoms with Crippen LogP contribution < -0.4 is 15.4 Å². The Balaban J connectivity index is 1.93. The highest BCUT2D eigenvalue weighted by Gasteiger charge is 2.32. The minimum Gasteiger partial charge on any atom is -0.338 e. The summed E-state index contributed by atoms with van der Waals surface area (Å²) >= 11 is 8.33. The van der Waals surface area contributed by atoms with E-state index in [-0.39, 0.29) is 15.3 Å². The molecule has 0 saturated heterocycles. The zero-order valence-electron chi connectivity index (χ0n) is 16.0. The highest BCUT2D eigenvalue weighted by Crippen LogP contribution is 2.41. The van der Waals surface area contributed by atoms with E-state index in [1.54, 1.807) is 18.0 Å². The second kappa shape index (κ2) is 8.19. The van der Waals surface area contributed by atoms with Gasteiger partial charge in [0.1, 0.15) is 11.7 Å². The molecule has 3 aromatic rings. The van der Waals surface area contributed by atoms with Gasteiger partial charge >= 0.3 is 0 Å². The molecular weight excluding hydrogens is 515 g/mol. The van der Waals surface area contributed by atoms with Gasteiger partial charge < -0.3 is 9.88 Å². The van der Waals surface area contributed by atoms with Crippen LogP contribution in [0.15, 0.2) is 59.7 Å². The molecule has 30 heavy (non-hydrogen) atoms. The molecule has 3 N–H and O–H groups in total. The van der Waals surface area contributed by atoms with Gasteiger partial charge in [0.15, 0.2) is 0 Å². The van der Waals surface area contributed by atoms with E-state index in [4.69, 9.17) is 22.4 Å². The van der Waals surface area contributed by atoms with Crippen molar-refractivity contribution in [2.75, 3.05) is 16.3 Å². The summed E-state index contributed by atoms with van der Waals surface area (Å²) in [5, 5.41) is 17.6. The summed E-state index contributed by atoms with van der Waals surface area (Å²) < 4.78 is -0.138. The molecule has 9 heteroatoms. The normalized spacial score (nSPS) is 16.2. The van der Waals surface area contributed by atoms with Gasteiger partial charge in [-0.2, -0.15) is 0 Å². The highest BCUT2D eigenvalue weighted by molar-refractivity contribution is 14.1. The van der Waals surface area contributed by atoms with Crippen LogP contribution in [0.3, 0.4) is 0 Å². The number of alkyl halides is 1. The van der Waals surface area contributed by atoms with E-state index in [1.165, 1.54) is 6.20 Å². The van der Waals surface area contributed by atoms with Crippen LogP contribution in [-0.2, 0) is 0 Å². The fourth-order valence-corrected chi connectivity index (χ4v) is 4.23. The maximum Gasteiger partial charge on any atom is 0.266 e. The van der Waals surface area contributed by atoms with Gasteiger partial charge in [0.05, 0.1) is 27.2 Å². The van der Waals surface area contributed by atoms with Crippen LogP contribution in [0.5, 0.6) is 0 Å². The fourth-order valence-electron chi connectivity index (χ4n) is 3.43. The second-order valence-corrected chi connectivity index (χ2v) is 8.80. The van der Waals surface area contributed by atoms with Gasteiger partial charge in [-0.05, 0) is 43.3 Å². The predicted molar refractivity (Wildman–Crippen MR) is 130 cm³/mol. The first-order valence-electron chi connectivity index (χ1n) is 9.15. The number of rotatable bonds is 2. The van der Waals surface area contributed by atoms with Crippen LogP contribution in [0.25, 0.3) is 11.3 Å². The largest absolute Gasteiger partial charge is 0.338 e. The topological polar surface area (TPSA) is 99.9 Å². The van der Waals surface area contributed by atoms with Crippen molar-refractivity contribution in [2.24, 2.45) is 0 Å². The van der Waals surface area contributed by atoms with Crippen LogP contribution in [0.4, 0.5) is 17.1 Å². The first-order valence-corrected chi connectivity index (χ1v) is 10.8. The molecule has 0 radical (unpaired) electrons. The van der Waals surface area contributed by atoms with Crippen molar-refractivity contribution >= 4 is 62.9 Å². The molecule has 1 atom stereocenters. The van der Waals surface area contributed by atoms with Crippen LogP contribution in [0.2, 0.25) is 5.02 Å². The fraction of sp³-hybridized carbons (Fsp3) is 0.143. The molecule has 0 saturated carbocycles. The summed E-state index contributed by atoms with van der Waals surface area (Å²) in [6.07, 6.45) is 2.83. The molecule has 0 unspecified atom stereocenters. The lowest BCUT2D eigenvalue weighted by Crippen LogP contribution is -2.40. The third-order valence-electron chi connectivity index (χ3n) is 4.83. The monoisotopic (exact) mass is 532 g/mol. The molecule has 4 rings (SSSR count). The van der Waals surface area contributed by atoms with Gasteiger partial charge in [-0.15, -0.1) is 0 Å². The maximum absolute atomic E-state index is 11.4. The number of benzene rings is 2. The van der Waals surface area contributed by atoms with Crippen molar-refractivity contribution in [3.63, 3.8) is 0 Å². The lowest BCUT2D eigenvalue weighted by Gasteiger charge is -2.27. The highest BCUT2D eigenvalue weighted by atomic mass is 127. The molecule has 1 aliphatic heterocycles. The molecular formula is C21H18ClIN6O. The van der Waals surface area contributed by atoms with Crippen molar-refractivity contribution in [1.82, 2.24) is 9.97 Å².